The number of rotatable bonds is 3. The normalized spacial score (nSPS) is 19.2. The summed E-state index contributed by atoms with van der Waals surface area (Å²) in [6.45, 7) is 2.80. The molecule has 3 nitrogen and oxygen atoms in total. The minimum absolute atomic E-state index is 0.0641. The lowest BCUT2D eigenvalue weighted by atomic mass is 10.0. The summed E-state index contributed by atoms with van der Waals surface area (Å²) < 4.78 is 55.8. The number of halogens is 5. The van der Waals surface area contributed by atoms with Crippen molar-refractivity contribution in [2.45, 2.75) is 32.2 Å². The van der Waals surface area contributed by atoms with E-state index in [2.05, 4.69) is 20.9 Å². The first-order chi connectivity index (χ1) is 11.2. The highest BCUT2D eigenvalue weighted by Gasteiger charge is 2.35. The summed E-state index contributed by atoms with van der Waals surface area (Å²) in [4.78, 5) is 5.77. The van der Waals surface area contributed by atoms with Crippen LogP contribution in [-0.4, -0.2) is 33.7 Å². The molecule has 1 aromatic heterocycles. The van der Waals surface area contributed by atoms with E-state index < -0.39 is 17.9 Å². The predicted molar refractivity (Wildman–Crippen MR) is 85.8 cm³/mol. The van der Waals surface area contributed by atoms with Crippen molar-refractivity contribution in [3.05, 3.63) is 46.0 Å². The Morgan fingerprint density at radius 1 is 1.33 bits per heavy atom. The molecule has 24 heavy (non-hydrogen) atoms. The quantitative estimate of drug-likeness (QED) is 0.700. The van der Waals surface area contributed by atoms with Gasteiger partial charge in [-0.25, -0.2) is 9.37 Å². The van der Waals surface area contributed by atoms with Crippen molar-refractivity contribution in [2.24, 2.45) is 0 Å². The second-order valence-corrected chi connectivity index (χ2v) is 6.84. The standard InChI is InChI=1S/C16H16BrF4N3/c1-10-4-11(6-23-3-2-12(18)7-23)5-13(16(19,20)21)15(10)24-8-14(17)22-9-24/h4-5,8-9,12H,2-3,6-7H2,1H3/t12-/m1/s1. The van der Waals surface area contributed by atoms with Crippen molar-refractivity contribution >= 4 is 15.9 Å². The van der Waals surface area contributed by atoms with Gasteiger partial charge in [-0.05, 0) is 46.5 Å². The van der Waals surface area contributed by atoms with Crippen LogP contribution in [0.1, 0.15) is 23.1 Å². The number of benzene rings is 1. The summed E-state index contributed by atoms with van der Waals surface area (Å²) in [7, 11) is 0. The Balaban J connectivity index is 2.01. The van der Waals surface area contributed by atoms with Crippen LogP contribution in [0.3, 0.4) is 0 Å². The molecule has 0 radical (unpaired) electrons. The number of aryl methyl sites for hydroxylation is 1. The molecule has 3 rings (SSSR count). The van der Waals surface area contributed by atoms with E-state index in [0.717, 1.165) is 6.07 Å². The van der Waals surface area contributed by atoms with Crippen LogP contribution in [0.2, 0.25) is 0 Å². The number of hydrogen-bond acceptors (Lipinski definition) is 2. The summed E-state index contributed by atoms with van der Waals surface area (Å²) in [6, 6.07) is 2.88. The Morgan fingerprint density at radius 2 is 2.08 bits per heavy atom. The maximum atomic E-state index is 13.6. The molecule has 8 heteroatoms. The molecule has 0 saturated carbocycles. The van der Waals surface area contributed by atoms with Crippen molar-refractivity contribution in [1.82, 2.24) is 14.5 Å². The maximum Gasteiger partial charge on any atom is 0.418 e. The van der Waals surface area contributed by atoms with Gasteiger partial charge in [0.15, 0.2) is 0 Å². The van der Waals surface area contributed by atoms with Crippen LogP contribution in [0.15, 0.2) is 29.3 Å². The van der Waals surface area contributed by atoms with Crippen molar-refractivity contribution in [1.29, 1.82) is 0 Å². The number of aromatic nitrogens is 2. The van der Waals surface area contributed by atoms with Crippen LogP contribution < -0.4 is 0 Å². The number of imidazole rings is 1. The molecule has 1 aromatic carbocycles. The zero-order chi connectivity index (χ0) is 17.5. The van der Waals surface area contributed by atoms with E-state index in [1.165, 1.54) is 17.1 Å². The molecule has 0 unspecified atom stereocenters. The largest absolute Gasteiger partial charge is 0.418 e. The molecular formula is C16H16BrF4N3. The van der Waals surface area contributed by atoms with Gasteiger partial charge in [-0.15, -0.1) is 0 Å². The molecule has 0 bridgehead atoms. The fraction of sp³-hybridized carbons (Fsp3) is 0.438. The Hall–Kier alpha value is -1.41. The molecule has 0 aliphatic carbocycles. The van der Waals surface area contributed by atoms with Crippen LogP contribution in [0.4, 0.5) is 17.6 Å². The zero-order valence-corrected chi connectivity index (χ0v) is 14.5. The van der Waals surface area contributed by atoms with E-state index >= 15 is 0 Å². The summed E-state index contributed by atoms with van der Waals surface area (Å²) in [5, 5.41) is 0. The van der Waals surface area contributed by atoms with Gasteiger partial charge in [-0.1, -0.05) is 6.07 Å². The molecule has 1 saturated heterocycles. The van der Waals surface area contributed by atoms with Gasteiger partial charge in [0, 0.05) is 25.8 Å². The van der Waals surface area contributed by atoms with E-state index in [-0.39, 0.29) is 12.2 Å². The average Bonchev–Trinajstić information content (AvgIpc) is 3.06. The Labute approximate surface area is 145 Å². The Bertz CT molecular complexity index is 741. The monoisotopic (exact) mass is 405 g/mol. The first-order valence-electron chi connectivity index (χ1n) is 7.51. The second kappa shape index (κ2) is 6.48. The Kier molecular flexibility index (Phi) is 4.70. The van der Waals surface area contributed by atoms with Crippen molar-refractivity contribution in [2.75, 3.05) is 13.1 Å². The second-order valence-electron chi connectivity index (χ2n) is 6.03. The van der Waals surface area contributed by atoms with Crippen LogP contribution in [-0.2, 0) is 12.7 Å². The third-order valence-corrected chi connectivity index (χ3v) is 4.51. The number of nitrogens with zero attached hydrogens (tertiary/aromatic N) is 3. The average molecular weight is 406 g/mol. The highest BCUT2D eigenvalue weighted by molar-refractivity contribution is 9.10. The molecule has 1 aliphatic heterocycles. The first kappa shape index (κ1) is 17.4. The molecule has 130 valence electrons. The van der Waals surface area contributed by atoms with Crippen LogP contribution in [0, 0.1) is 6.92 Å². The highest BCUT2D eigenvalue weighted by Crippen LogP contribution is 2.37. The van der Waals surface area contributed by atoms with Crippen molar-refractivity contribution in [3.8, 4) is 5.69 Å². The number of hydrogen-bond donors (Lipinski definition) is 0. The summed E-state index contributed by atoms with van der Waals surface area (Å²) in [5.41, 5.74) is 0.394. The van der Waals surface area contributed by atoms with Gasteiger partial charge in [-0.3, -0.25) is 4.90 Å². The van der Waals surface area contributed by atoms with Gasteiger partial charge in [0.05, 0.1) is 11.3 Å². The lowest BCUT2D eigenvalue weighted by Gasteiger charge is -2.20. The summed E-state index contributed by atoms with van der Waals surface area (Å²) in [6.07, 6.45) is -2.11. The van der Waals surface area contributed by atoms with Crippen LogP contribution >= 0.6 is 15.9 Å². The lowest BCUT2D eigenvalue weighted by molar-refractivity contribution is -0.137. The molecule has 0 N–H and O–H groups in total. The molecule has 1 aliphatic rings. The minimum Gasteiger partial charge on any atom is -0.304 e. The number of likely N-dealkylation sites (tertiary alicyclic amines) is 1. The smallest absolute Gasteiger partial charge is 0.304 e. The van der Waals surface area contributed by atoms with E-state index in [1.807, 2.05) is 4.90 Å². The van der Waals surface area contributed by atoms with Crippen molar-refractivity contribution in [3.63, 3.8) is 0 Å². The van der Waals surface area contributed by atoms with Crippen LogP contribution in [0.25, 0.3) is 5.69 Å². The third-order valence-electron chi connectivity index (χ3n) is 4.10. The minimum atomic E-state index is -4.49. The molecule has 2 aromatic rings. The van der Waals surface area contributed by atoms with E-state index in [9.17, 15) is 17.6 Å². The number of alkyl halides is 4. The topological polar surface area (TPSA) is 21.1 Å². The molecule has 0 spiro atoms. The molecule has 1 fully saturated rings. The van der Waals surface area contributed by atoms with Crippen LogP contribution in [0.5, 0.6) is 0 Å². The van der Waals surface area contributed by atoms with Gasteiger partial charge >= 0.3 is 6.18 Å². The molecular weight excluding hydrogens is 390 g/mol. The molecule has 1 atom stereocenters. The lowest BCUT2D eigenvalue weighted by Crippen LogP contribution is -2.21. The fourth-order valence-electron chi connectivity index (χ4n) is 3.11. The summed E-state index contributed by atoms with van der Waals surface area (Å²) >= 11 is 3.15. The van der Waals surface area contributed by atoms with E-state index in [1.54, 1.807) is 13.0 Å². The summed E-state index contributed by atoms with van der Waals surface area (Å²) in [5.74, 6) is 0. The van der Waals surface area contributed by atoms with Gasteiger partial charge in [0.25, 0.3) is 0 Å². The zero-order valence-electron chi connectivity index (χ0n) is 12.9. The fourth-order valence-corrected chi connectivity index (χ4v) is 3.42. The maximum absolute atomic E-state index is 13.6. The van der Waals surface area contributed by atoms with Gasteiger partial charge in [0.1, 0.15) is 17.1 Å². The van der Waals surface area contributed by atoms with E-state index in [0.29, 0.717) is 35.2 Å². The molecule has 0 amide bonds. The Morgan fingerprint density at radius 3 is 2.62 bits per heavy atom. The van der Waals surface area contributed by atoms with Gasteiger partial charge in [-0.2, -0.15) is 13.2 Å². The highest BCUT2D eigenvalue weighted by atomic mass is 79.9. The van der Waals surface area contributed by atoms with E-state index in [4.69, 9.17) is 0 Å². The van der Waals surface area contributed by atoms with Gasteiger partial charge in [0.2, 0.25) is 0 Å². The molecule has 2 heterocycles. The van der Waals surface area contributed by atoms with Crippen molar-refractivity contribution < 1.29 is 17.6 Å². The first-order valence-corrected chi connectivity index (χ1v) is 8.30. The SMILES string of the molecule is Cc1cc(CN2CC[C@@H](F)C2)cc(C(F)(F)F)c1-n1cnc(Br)c1. The predicted octanol–water partition coefficient (Wildman–Crippen LogP) is 4.51. The van der Waals surface area contributed by atoms with Gasteiger partial charge < -0.3 is 4.57 Å². The third kappa shape index (κ3) is 3.64.